The fourth-order valence-electron chi connectivity index (χ4n) is 5.83. The molecule has 3 aliphatic rings. The molecule has 3 rings (SSSR count). The highest BCUT2D eigenvalue weighted by molar-refractivity contribution is 5.81. The van der Waals surface area contributed by atoms with Gasteiger partial charge in [-0.3, -0.25) is 4.79 Å². The Kier molecular flexibility index (Phi) is 15.1. The van der Waals surface area contributed by atoms with Gasteiger partial charge < -0.3 is 92.7 Å². The number of aliphatic hydroxyl groups is 9. The molecule has 2 aliphatic heterocycles. The summed E-state index contributed by atoms with van der Waals surface area (Å²) in [6.45, 7) is 2.05. The molecule has 0 bridgehead atoms. The predicted octanol–water partition coefficient (Wildman–Crippen LogP) is -7.38. The molecule has 17 atom stereocenters. The molecule has 2 saturated heterocycles. The molecule has 1 aliphatic carbocycles. The molecule has 47 heavy (non-hydrogen) atoms. The molecule has 2 heterocycles. The predicted molar refractivity (Wildman–Crippen MR) is 161 cm³/mol. The number of rotatable bonds is 15. The van der Waals surface area contributed by atoms with Crippen LogP contribution in [0.1, 0.15) is 33.1 Å². The first-order chi connectivity index (χ1) is 22.0. The maximum atomic E-state index is 12.9. The van der Waals surface area contributed by atoms with E-state index >= 15 is 0 Å². The van der Waals surface area contributed by atoms with Crippen molar-refractivity contribution in [2.45, 2.75) is 130 Å². The summed E-state index contributed by atoms with van der Waals surface area (Å²) in [5.74, 6) is -1.83. The molecule has 19 nitrogen and oxygen atoms in total. The molecule has 1 saturated carbocycles. The van der Waals surface area contributed by atoms with Crippen LogP contribution >= 0.6 is 0 Å². The Balaban J connectivity index is 1.75. The molecule has 0 aromatic heterocycles. The molecule has 1 amide bonds. The van der Waals surface area contributed by atoms with Gasteiger partial charge in [0.2, 0.25) is 0 Å². The van der Waals surface area contributed by atoms with Crippen LogP contribution < -0.4 is 27.8 Å². The minimum atomic E-state index is -2.10. The van der Waals surface area contributed by atoms with Crippen molar-refractivity contribution < 1.29 is 69.7 Å². The summed E-state index contributed by atoms with van der Waals surface area (Å²) < 4.78 is 23.7. The number of hydrogen-bond donors (Lipinski definition) is 14. The van der Waals surface area contributed by atoms with E-state index in [1.165, 1.54) is 6.92 Å². The summed E-state index contributed by atoms with van der Waals surface area (Å²) in [5, 5.41) is 97.1. The molecule has 0 radical (unpaired) electrons. The van der Waals surface area contributed by atoms with E-state index in [0.29, 0.717) is 12.8 Å². The van der Waals surface area contributed by atoms with E-state index in [2.05, 4.69) is 10.6 Å². The SMILES string of the molecule is C[C@@H]1C(O)[C@@H](OC2C(O)C(O[C@H]3O[C@H](CNCC(O)C(O)CO)CCC3N)[C@@H](N)C[C@H]2NC(=O)[C@@H](O)[C@@H](O)[C@@H](O)CN)OCC1(C)O. The van der Waals surface area contributed by atoms with Crippen molar-refractivity contribution in [1.82, 2.24) is 10.6 Å². The van der Waals surface area contributed by atoms with Crippen molar-refractivity contribution >= 4 is 5.91 Å². The van der Waals surface area contributed by atoms with E-state index in [0.717, 1.165) is 0 Å². The quantitative estimate of drug-likeness (QED) is 0.0761. The van der Waals surface area contributed by atoms with Crippen molar-refractivity contribution in [1.29, 1.82) is 0 Å². The summed E-state index contributed by atoms with van der Waals surface area (Å²) in [5.41, 5.74) is 16.6. The Morgan fingerprint density at radius 3 is 2.28 bits per heavy atom. The van der Waals surface area contributed by atoms with E-state index < -0.39 is 122 Å². The zero-order valence-corrected chi connectivity index (χ0v) is 26.7. The third-order valence-corrected chi connectivity index (χ3v) is 9.32. The van der Waals surface area contributed by atoms with Crippen molar-refractivity contribution in [3.63, 3.8) is 0 Å². The van der Waals surface area contributed by atoms with Gasteiger partial charge in [-0.05, 0) is 26.2 Å². The summed E-state index contributed by atoms with van der Waals surface area (Å²) >= 11 is 0. The standard InChI is InChI=1S/C28H55N5O14/c1-11-19(38)27(44-10-28(11,2)43)47-24-15(33-25(42)21(40)20(39)16(35)6-29)5-14(31)23(22(24)41)46-26-13(30)4-3-12(45-26)7-32-8-17(36)18(37)9-34/h11-24,26-27,32,34-41,43H,3-10,29-31H2,1-2H3,(H,33,42)/t11-,12+,13?,14+,15-,16+,17?,18?,19?,20+,21+,22?,23?,24?,26-,27-,28?/m1/s1. The number of nitrogens with two attached hydrogens (primary N) is 3. The van der Waals surface area contributed by atoms with Crippen molar-refractivity contribution in [3.8, 4) is 0 Å². The monoisotopic (exact) mass is 685 g/mol. The molecule has 19 heteroatoms. The van der Waals surface area contributed by atoms with Gasteiger partial charge in [-0.2, -0.15) is 0 Å². The van der Waals surface area contributed by atoms with Crippen molar-refractivity contribution in [3.05, 3.63) is 0 Å². The van der Waals surface area contributed by atoms with Gasteiger partial charge in [0, 0.05) is 31.6 Å². The molecular formula is C28H55N5O14. The van der Waals surface area contributed by atoms with Gasteiger partial charge in [0.1, 0.15) is 36.6 Å². The first kappa shape index (κ1) is 40.2. The Morgan fingerprint density at radius 2 is 1.64 bits per heavy atom. The van der Waals surface area contributed by atoms with Crippen LogP contribution in [0.15, 0.2) is 0 Å². The van der Waals surface area contributed by atoms with Crippen LogP contribution in [0.3, 0.4) is 0 Å². The number of nitrogens with one attached hydrogen (secondary N) is 2. The van der Waals surface area contributed by atoms with Gasteiger partial charge in [0.05, 0.1) is 49.2 Å². The van der Waals surface area contributed by atoms with Crippen LogP contribution in [0.2, 0.25) is 0 Å². The van der Waals surface area contributed by atoms with Gasteiger partial charge in [0.25, 0.3) is 5.91 Å². The maximum Gasteiger partial charge on any atom is 0.251 e. The van der Waals surface area contributed by atoms with Gasteiger partial charge in [0.15, 0.2) is 18.7 Å². The lowest BCUT2D eigenvalue weighted by molar-refractivity contribution is -0.314. The smallest absolute Gasteiger partial charge is 0.251 e. The fraction of sp³-hybridized carbons (Fsp3) is 0.964. The van der Waals surface area contributed by atoms with Crippen LogP contribution in [0.5, 0.6) is 0 Å². The normalized spacial score (nSPS) is 41.4. The summed E-state index contributed by atoms with van der Waals surface area (Å²) in [7, 11) is 0. The van der Waals surface area contributed by atoms with Crippen molar-refractivity contribution in [2.24, 2.45) is 23.1 Å². The second-order valence-corrected chi connectivity index (χ2v) is 13.1. The van der Waals surface area contributed by atoms with Crippen LogP contribution in [0, 0.1) is 5.92 Å². The average molecular weight is 686 g/mol. The Hall–Kier alpha value is -1.21. The Bertz CT molecular complexity index is 973. The molecule has 0 aromatic rings. The molecular weight excluding hydrogens is 630 g/mol. The number of hydrogen-bond acceptors (Lipinski definition) is 18. The van der Waals surface area contributed by atoms with E-state index in [9.17, 15) is 45.6 Å². The van der Waals surface area contributed by atoms with Gasteiger partial charge >= 0.3 is 0 Å². The van der Waals surface area contributed by atoms with Gasteiger partial charge in [-0.15, -0.1) is 0 Å². The molecule has 17 N–H and O–H groups in total. The topological polar surface area (TPSA) is 338 Å². The fourth-order valence-corrected chi connectivity index (χ4v) is 5.83. The average Bonchev–Trinajstić information content (AvgIpc) is 3.04. The largest absolute Gasteiger partial charge is 0.394 e. The first-order valence-corrected chi connectivity index (χ1v) is 15.9. The first-order valence-electron chi connectivity index (χ1n) is 15.9. The summed E-state index contributed by atoms with van der Waals surface area (Å²) in [6.07, 6.45) is -15.6. The number of aliphatic hydroxyl groups excluding tert-OH is 8. The Labute approximate surface area is 272 Å². The lowest BCUT2D eigenvalue weighted by atomic mass is 9.82. The number of ether oxygens (including phenoxy) is 4. The molecule has 3 fully saturated rings. The van der Waals surface area contributed by atoms with Crippen molar-refractivity contribution in [2.75, 3.05) is 32.8 Å². The second-order valence-electron chi connectivity index (χ2n) is 13.1. The molecule has 8 unspecified atom stereocenters. The van der Waals surface area contributed by atoms with E-state index in [1.807, 2.05) is 0 Å². The second kappa shape index (κ2) is 17.6. The zero-order chi connectivity index (χ0) is 35.2. The molecule has 0 spiro atoms. The highest BCUT2D eigenvalue weighted by Gasteiger charge is 2.51. The van der Waals surface area contributed by atoms with Crippen LogP contribution in [-0.4, -0.2) is 182 Å². The highest BCUT2D eigenvalue weighted by atomic mass is 16.7. The summed E-state index contributed by atoms with van der Waals surface area (Å²) in [4.78, 5) is 12.9. The number of carbonyl (C=O) groups excluding carboxylic acids is 1. The summed E-state index contributed by atoms with van der Waals surface area (Å²) in [6, 6.07) is -2.72. The van der Waals surface area contributed by atoms with E-state index in [-0.39, 0.29) is 26.1 Å². The Morgan fingerprint density at radius 1 is 0.979 bits per heavy atom. The van der Waals surface area contributed by atoms with E-state index in [1.54, 1.807) is 6.92 Å². The van der Waals surface area contributed by atoms with Crippen LogP contribution in [0.25, 0.3) is 0 Å². The zero-order valence-electron chi connectivity index (χ0n) is 26.7. The number of carbonyl (C=O) groups is 1. The molecule has 276 valence electrons. The lowest BCUT2D eigenvalue weighted by Crippen LogP contribution is -2.68. The number of amides is 1. The minimum absolute atomic E-state index is 0.0163. The minimum Gasteiger partial charge on any atom is -0.394 e. The maximum absolute atomic E-state index is 12.9. The van der Waals surface area contributed by atoms with E-state index in [4.69, 9.17) is 41.3 Å². The lowest BCUT2D eigenvalue weighted by Gasteiger charge is -2.48. The van der Waals surface area contributed by atoms with Crippen LogP contribution in [0.4, 0.5) is 0 Å². The highest BCUT2D eigenvalue weighted by Crippen LogP contribution is 2.34. The van der Waals surface area contributed by atoms with Gasteiger partial charge in [-0.25, -0.2) is 0 Å². The third-order valence-electron chi connectivity index (χ3n) is 9.32. The van der Waals surface area contributed by atoms with Crippen LogP contribution in [-0.2, 0) is 23.7 Å². The molecule has 0 aromatic carbocycles. The van der Waals surface area contributed by atoms with Gasteiger partial charge in [-0.1, -0.05) is 6.92 Å². The third kappa shape index (κ3) is 10.2.